The van der Waals surface area contributed by atoms with Crippen molar-refractivity contribution in [2.75, 3.05) is 26.7 Å². The molecule has 0 unspecified atom stereocenters. The second-order valence-corrected chi connectivity index (χ2v) is 4.93. The van der Waals surface area contributed by atoms with Crippen LogP contribution in [0.5, 0.6) is 11.5 Å². The number of para-hydroxylation sites is 1. The maximum atomic E-state index is 12.7. The number of carbonyl (C=O) groups is 1. The van der Waals surface area contributed by atoms with E-state index in [4.69, 9.17) is 4.74 Å². The van der Waals surface area contributed by atoms with Gasteiger partial charge in [-0.3, -0.25) is 4.79 Å². The van der Waals surface area contributed by atoms with Crippen LogP contribution in [0.2, 0.25) is 0 Å². The molecular formula is C15H22N2O3. The van der Waals surface area contributed by atoms with Crippen molar-refractivity contribution in [2.45, 2.75) is 25.8 Å². The maximum absolute atomic E-state index is 12.7. The lowest BCUT2D eigenvalue weighted by Crippen LogP contribution is -2.46. The van der Waals surface area contributed by atoms with Gasteiger partial charge >= 0.3 is 0 Å². The fourth-order valence-corrected chi connectivity index (χ4v) is 2.70. The molecule has 0 radical (unpaired) electrons. The van der Waals surface area contributed by atoms with Gasteiger partial charge in [0, 0.05) is 12.6 Å². The quantitative estimate of drug-likeness (QED) is 0.878. The van der Waals surface area contributed by atoms with Crippen LogP contribution in [0.25, 0.3) is 0 Å². The molecule has 1 fully saturated rings. The number of hydrogen-bond donors (Lipinski definition) is 2. The lowest BCUT2D eigenvalue weighted by molar-refractivity contribution is 0.0652. The molecule has 1 aliphatic rings. The largest absolute Gasteiger partial charge is 0.504 e. The zero-order valence-electron chi connectivity index (χ0n) is 12.1. The molecule has 0 spiro atoms. The van der Waals surface area contributed by atoms with E-state index in [-0.39, 0.29) is 17.7 Å². The van der Waals surface area contributed by atoms with Crippen LogP contribution in [0.1, 0.15) is 30.1 Å². The Bertz CT molecular complexity index is 470. The summed E-state index contributed by atoms with van der Waals surface area (Å²) in [5.41, 5.74) is 0.310. The molecule has 1 aliphatic heterocycles. The highest BCUT2D eigenvalue weighted by atomic mass is 16.5. The minimum Gasteiger partial charge on any atom is -0.504 e. The summed E-state index contributed by atoms with van der Waals surface area (Å²) in [5.74, 6) is 0.125. The highest BCUT2D eigenvalue weighted by molar-refractivity contribution is 5.97. The maximum Gasteiger partial charge on any atom is 0.257 e. The zero-order chi connectivity index (χ0) is 14.5. The van der Waals surface area contributed by atoms with Gasteiger partial charge in [-0.15, -0.1) is 0 Å². The van der Waals surface area contributed by atoms with Gasteiger partial charge in [-0.05, 0) is 45.0 Å². The molecule has 0 aromatic heterocycles. The number of rotatable bonds is 4. The van der Waals surface area contributed by atoms with Gasteiger partial charge in [0.15, 0.2) is 11.5 Å². The molecule has 1 heterocycles. The van der Waals surface area contributed by atoms with Crippen molar-refractivity contribution in [1.29, 1.82) is 0 Å². The van der Waals surface area contributed by atoms with Crippen LogP contribution in [-0.4, -0.2) is 48.7 Å². The Hall–Kier alpha value is -1.75. The smallest absolute Gasteiger partial charge is 0.257 e. The zero-order valence-corrected chi connectivity index (χ0v) is 12.1. The molecule has 20 heavy (non-hydrogen) atoms. The molecule has 5 nitrogen and oxygen atoms in total. The number of aromatic hydroxyl groups is 1. The van der Waals surface area contributed by atoms with Crippen LogP contribution in [0, 0.1) is 0 Å². The minimum absolute atomic E-state index is 0.0765. The molecule has 1 aromatic carbocycles. The van der Waals surface area contributed by atoms with Crippen molar-refractivity contribution >= 4 is 5.91 Å². The van der Waals surface area contributed by atoms with Gasteiger partial charge in [-0.1, -0.05) is 6.07 Å². The van der Waals surface area contributed by atoms with Crippen LogP contribution in [0.4, 0.5) is 0 Å². The third kappa shape index (κ3) is 2.88. The third-order valence-electron chi connectivity index (χ3n) is 3.80. The van der Waals surface area contributed by atoms with Crippen LogP contribution in [-0.2, 0) is 0 Å². The minimum atomic E-state index is -0.129. The number of nitrogens with one attached hydrogen (secondary N) is 1. The van der Waals surface area contributed by atoms with Crippen LogP contribution in [0.15, 0.2) is 18.2 Å². The van der Waals surface area contributed by atoms with Crippen molar-refractivity contribution in [3.8, 4) is 11.5 Å². The molecule has 110 valence electrons. The summed E-state index contributed by atoms with van der Waals surface area (Å²) in [5, 5.41) is 13.4. The number of nitrogens with zero attached hydrogens (tertiary/aromatic N) is 1. The first-order chi connectivity index (χ1) is 9.69. The number of piperidine rings is 1. The number of phenols is 1. The first-order valence-corrected chi connectivity index (χ1v) is 7.06. The summed E-state index contributed by atoms with van der Waals surface area (Å²) in [6.07, 6.45) is 1.90. The van der Waals surface area contributed by atoms with Gasteiger partial charge in [0.25, 0.3) is 5.91 Å². The fourth-order valence-electron chi connectivity index (χ4n) is 2.70. The first kappa shape index (κ1) is 14.7. The fraction of sp³-hybridized carbons (Fsp3) is 0.533. The van der Waals surface area contributed by atoms with Crippen molar-refractivity contribution < 1.29 is 14.6 Å². The van der Waals surface area contributed by atoms with Crippen LogP contribution < -0.4 is 10.1 Å². The SMILES string of the molecule is CCN(C(=O)c1cccc(OC)c1O)C1CCNCC1. The summed E-state index contributed by atoms with van der Waals surface area (Å²) in [4.78, 5) is 14.5. The molecular weight excluding hydrogens is 256 g/mol. The number of methoxy groups -OCH3 is 1. The van der Waals surface area contributed by atoms with Crippen LogP contribution >= 0.6 is 0 Å². The molecule has 0 bridgehead atoms. The number of carbonyl (C=O) groups excluding carboxylic acids is 1. The average Bonchev–Trinajstić information content (AvgIpc) is 2.49. The Kier molecular flexibility index (Phi) is 4.84. The summed E-state index contributed by atoms with van der Waals surface area (Å²) >= 11 is 0. The van der Waals surface area contributed by atoms with E-state index in [0.717, 1.165) is 25.9 Å². The molecule has 2 rings (SSSR count). The normalized spacial score (nSPS) is 15.9. The molecule has 2 N–H and O–H groups in total. The van der Waals surface area contributed by atoms with Gasteiger partial charge in [0.1, 0.15) is 0 Å². The van der Waals surface area contributed by atoms with E-state index in [1.54, 1.807) is 18.2 Å². The summed E-state index contributed by atoms with van der Waals surface area (Å²) in [7, 11) is 1.48. The predicted molar refractivity (Wildman–Crippen MR) is 77.3 cm³/mol. The second-order valence-electron chi connectivity index (χ2n) is 4.93. The summed E-state index contributed by atoms with van der Waals surface area (Å²) in [6, 6.07) is 5.25. The topological polar surface area (TPSA) is 61.8 Å². The second kappa shape index (κ2) is 6.61. The molecule has 0 atom stereocenters. The van der Waals surface area contributed by atoms with Gasteiger partial charge in [-0.2, -0.15) is 0 Å². The molecule has 5 heteroatoms. The number of hydrogen-bond acceptors (Lipinski definition) is 4. The number of phenolic OH excluding ortho intramolecular Hbond substituents is 1. The molecule has 1 saturated heterocycles. The monoisotopic (exact) mass is 278 g/mol. The molecule has 0 aliphatic carbocycles. The molecule has 1 aromatic rings. The predicted octanol–water partition coefficient (Wildman–Crippen LogP) is 1.61. The highest BCUT2D eigenvalue weighted by Gasteiger charge is 2.27. The van der Waals surface area contributed by atoms with Gasteiger partial charge in [0.05, 0.1) is 12.7 Å². The Balaban J connectivity index is 2.24. The highest BCUT2D eigenvalue weighted by Crippen LogP contribution is 2.31. The van der Waals surface area contributed by atoms with E-state index in [1.165, 1.54) is 7.11 Å². The average molecular weight is 278 g/mol. The van der Waals surface area contributed by atoms with Crippen LogP contribution in [0.3, 0.4) is 0 Å². The molecule has 1 amide bonds. The number of ether oxygens (including phenoxy) is 1. The van der Waals surface area contributed by atoms with E-state index in [2.05, 4.69) is 5.32 Å². The summed E-state index contributed by atoms with van der Waals surface area (Å²) < 4.78 is 5.06. The van der Waals surface area contributed by atoms with Gasteiger partial charge in [-0.25, -0.2) is 0 Å². The first-order valence-electron chi connectivity index (χ1n) is 7.06. The van der Waals surface area contributed by atoms with Crippen molar-refractivity contribution in [3.05, 3.63) is 23.8 Å². The number of benzene rings is 1. The third-order valence-corrected chi connectivity index (χ3v) is 3.80. The standard InChI is InChI=1S/C15H22N2O3/c1-3-17(11-7-9-16-10-8-11)15(19)12-5-4-6-13(20-2)14(12)18/h4-6,11,16,18H,3,7-10H2,1-2H3. The Morgan fingerprint density at radius 2 is 2.15 bits per heavy atom. The van der Waals surface area contributed by atoms with E-state index >= 15 is 0 Å². The lowest BCUT2D eigenvalue weighted by Gasteiger charge is -2.34. The van der Waals surface area contributed by atoms with Gasteiger partial charge in [0.2, 0.25) is 0 Å². The van der Waals surface area contributed by atoms with E-state index in [9.17, 15) is 9.90 Å². The van der Waals surface area contributed by atoms with E-state index in [1.807, 2.05) is 11.8 Å². The van der Waals surface area contributed by atoms with E-state index < -0.39 is 0 Å². The molecule has 0 saturated carbocycles. The van der Waals surface area contributed by atoms with E-state index in [0.29, 0.717) is 17.9 Å². The Morgan fingerprint density at radius 3 is 2.75 bits per heavy atom. The van der Waals surface area contributed by atoms with Crippen molar-refractivity contribution in [3.63, 3.8) is 0 Å². The van der Waals surface area contributed by atoms with Gasteiger partial charge < -0.3 is 20.1 Å². The number of amides is 1. The summed E-state index contributed by atoms with van der Waals surface area (Å²) in [6.45, 7) is 4.47. The Morgan fingerprint density at radius 1 is 1.45 bits per heavy atom. The van der Waals surface area contributed by atoms with Crippen molar-refractivity contribution in [2.24, 2.45) is 0 Å². The lowest BCUT2D eigenvalue weighted by atomic mass is 10.0. The Labute approximate surface area is 119 Å². The van der Waals surface area contributed by atoms with Crippen molar-refractivity contribution in [1.82, 2.24) is 10.2 Å².